The summed E-state index contributed by atoms with van der Waals surface area (Å²) in [5, 5.41) is 3.39. The van der Waals surface area contributed by atoms with Crippen LogP contribution in [0.3, 0.4) is 0 Å². The summed E-state index contributed by atoms with van der Waals surface area (Å²) in [5.41, 5.74) is 1.78. The zero-order chi connectivity index (χ0) is 46.2. The molecule has 3 aromatic carbocycles. The van der Waals surface area contributed by atoms with Crippen molar-refractivity contribution in [3.05, 3.63) is 107 Å². The Morgan fingerprint density at radius 2 is 1.23 bits per heavy atom. The Morgan fingerprint density at radius 3 is 1.70 bits per heavy atom. The van der Waals surface area contributed by atoms with Crippen LogP contribution in [0.2, 0.25) is 0 Å². The summed E-state index contributed by atoms with van der Waals surface area (Å²) in [6, 6.07) is 26.3. The van der Waals surface area contributed by atoms with Gasteiger partial charge in [0.05, 0.1) is 33.0 Å². The second-order valence-corrected chi connectivity index (χ2v) is 19.2. The molecular weight excluding hydrogens is 822 g/mol. The zero-order valence-electron chi connectivity index (χ0n) is 40.4. The lowest BCUT2D eigenvalue weighted by atomic mass is 9.79. The number of amides is 1. The number of unbranched alkanes of at least 4 members (excludes halogenated alkanes) is 12. The van der Waals surface area contributed by atoms with Gasteiger partial charge in [-0.25, -0.2) is 11.2 Å². The summed E-state index contributed by atoms with van der Waals surface area (Å²) in [6.45, 7) is 19.0. The molecule has 1 saturated carbocycles. The molecule has 5 atom stereocenters. The average molecular weight is 902 g/mol. The van der Waals surface area contributed by atoms with E-state index in [1.54, 1.807) is 21.3 Å². The monoisotopic (exact) mass is 902 g/mol. The van der Waals surface area contributed by atoms with Gasteiger partial charge in [0.25, 0.3) is 8.53 Å². The quantitative estimate of drug-likeness (QED) is 0.0287. The minimum absolute atomic E-state index is 0.0344. The van der Waals surface area contributed by atoms with Crippen molar-refractivity contribution in [3.8, 4) is 11.5 Å². The summed E-state index contributed by atoms with van der Waals surface area (Å²) >= 11 is 0. The van der Waals surface area contributed by atoms with Gasteiger partial charge >= 0.3 is 0 Å². The van der Waals surface area contributed by atoms with E-state index < -0.39 is 26.3 Å². The molecular formula is C53H80N3O7P. The maximum absolute atomic E-state index is 13.7. The molecule has 0 radical (unpaired) electrons. The van der Waals surface area contributed by atoms with E-state index in [4.69, 9.17) is 34.6 Å². The number of hydrogen-bond donors (Lipinski definition) is 1. The predicted molar refractivity (Wildman–Crippen MR) is 261 cm³/mol. The van der Waals surface area contributed by atoms with E-state index in [1.165, 1.54) is 64.2 Å². The molecule has 1 aliphatic rings. The van der Waals surface area contributed by atoms with Crippen LogP contribution >= 0.6 is 8.53 Å². The molecule has 0 spiro atoms. The molecule has 11 heteroatoms. The molecule has 1 amide bonds. The van der Waals surface area contributed by atoms with Crippen LogP contribution in [0.4, 0.5) is 0 Å². The standard InChI is InChI=1S/C53H80N3O7P/c1-10-11-12-13-14-15-16-17-18-19-20-21-25-28-50(57)55-49-39-43(51(52(49)60-9)63-64(62-38-37-54-6)56(41(2)3)42(4)5)40-61-53(44-26-23-22-24-27-44,45-29-33-47(58-7)34-30-45)46-31-35-48(59-8)36-32-46/h22-24,26-27,29-36,41-43,49,51-52H,10-21,25,28,37-40H2,1-5,7-9H3,(H,55,57)/t43-,49-,51-,52+,64?/m1/s1. The minimum Gasteiger partial charge on any atom is -0.497 e. The van der Waals surface area contributed by atoms with Crippen molar-refractivity contribution in [3.63, 3.8) is 0 Å². The van der Waals surface area contributed by atoms with Crippen LogP contribution in [0.1, 0.15) is 148 Å². The van der Waals surface area contributed by atoms with Crippen LogP contribution < -0.4 is 14.8 Å². The van der Waals surface area contributed by atoms with E-state index in [0.29, 0.717) is 12.8 Å². The first-order valence-corrected chi connectivity index (χ1v) is 25.3. The van der Waals surface area contributed by atoms with Crippen molar-refractivity contribution in [2.24, 2.45) is 5.92 Å². The minimum atomic E-state index is -1.62. The second-order valence-electron chi connectivity index (χ2n) is 17.8. The highest BCUT2D eigenvalue weighted by Crippen LogP contribution is 2.51. The fraction of sp³-hybridized carbons (Fsp3) is 0.623. The van der Waals surface area contributed by atoms with E-state index in [9.17, 15) is 4.79 Å². The fourth-order valence-electron chi connectivity index (χ4n) is 9.12. The summed E-state index contributed by atoms with van der Waals surface area (Å²) in [7, 11) is 3.42. The lowest BCUT2D eigenvalue weighted by Gasteiger charge is -2.40. The number of carbonyl (C=O) groups is 1. The third-order valence-corrected chi connectivity index (χ3v) is 14.5. The van der Waals surface area contributed by atoms with E-state index >= 15 is 0 Å². The molecule has 10 nitrogen and oxygen atoms in total. The fourth-order valence-corrected chi connectivity index (χ4v) is 10.9. The normalized spacial score (nSPS) is 18.1. The maximum Gasteiger partial charge on any atom is 0.259 e. The Kier molecular flexibility index (Phi) is 24.2. The molecule has 0 bridgehead atoms. The molecule has 1 N–H and O–H groups in total. The first-order valence-electron chi connectivity index (χ1n) is 24.1. The summed E-state index contributed by atoms with van der Waals surface area (Å²) in [6.07, 6.45) is 16.5. The predicted octanol–water partition coefficient (Wildman–Crippen LogP) is 12.7. The highest BCUT2D eigenvalue weighted by Gasteiger charge is 2.49. The van der Waals surface area contributed by atoms with Gasteiger partial charge in [-0.05, 0) is 81.5 Å². The molecule has 4 rings (SSSR count). The molecule has 0 saturated heterocycles. The van der Waals surface area contributed by atoms with E-state index in [-0.39, 0.29) is 49.7 Å². The van der Waals surface area contributed by atoms with Gasteiger partial charge in [-0.2, -0.15) is 0 Å². The number of nitrogens with zero attached hydrogens (tertiary/aromatic N) is 2. The van der Waals surface area contributed by atoms with Gasteiger partial charge in [-0.15, -0.1) is 0 Å². The average Bonchev–Trinajstić information content (AvgIpc) is 3.63. The second kappa shape index (κ2) is 29.2. The van der Waals surface area contributed by atoms with Crippen molar-refractivity contribution in [2.45, 2.75) is 167 Å². The topological polar surface area (TPSA) is 92.1 Å². The Morgan fingerprint density at radius 1 is 0.734 bits per heavy atom. The van der Waals surface area contributed by atoms with E-state index in [0.717, 1.165) is 47.5 Å². The molecule has 1 aliphatic carbocycles. The molecule has 1 fully saturated rings. The van der Waals surface area contributed by atoms with Crippen LogP contribution in [0, 0.1) is 12.5 Å². The summed E-state index contributed by atoms with van der Waals surface area (Å²) in [4.78, 5) is 17.3. The Labute approximate surface area is 388 Å². The molecule has 1 unspecified atom stereocenters. The molecule has 0 aromatic heterocycles. The zero-order valence-corrected chi connectivity index (χ0v) is 41.3. The van der Waals surface area contributed by atoms with Gasteiger partial charge in [0, 0.05) is 31.5 Å². The van der Waals surface area contributed by atoms with Crippen LogP contribution in [-0.2, 0) is 28.9 Å². The van der Waals surface area contributed by atoms with E-state index in [1.807, 2.05) is 42.5 Å². The largest absolute Gasteiger partial charge is 0.497 e. The smallest absolute Gasteiger partial charge is 0.259 e. The summed E-state index contributed by atoms with van der Waals surface area (Å²) < 4.78 is 40.8. The van der Waals surface area contributed by atoms with Crippen LogP contribution in [-0.4, -0.2) is 82.0 Å². The number of benzene rings is 3. The number of hydrogen-bond acceptors (Lipinski definition) is 8. The number of rotatable bonds is 32. The first-order chi connectivity index (χ1) is 31.1. The van der Waals surface area contributed by atoms with Crippen LogP contribution in [0.25, 0.3) is 4.85 Å². The number of ether oxygens (including phenoxy) is 4. The summed E-state index contributed by atoms with van der Waals surface area (Å²) in [5.74, 6) is 1.32. The molecule has 0 heterocycles. The van der Waals surface area contributed by atoms with Crippen LogP contribution in [0.15, 0.2) is 78.9 Å². The molecule has 3 aromatic rings. The highest BCUT2D eigenvalue weighted by molar-refractivity contribution is 7.44. The van der Waals surface area contributed by atoms with Crippen molar-refractivity contribution in [1.29, 1.82) is 0 Å². The van der Waals surface area contributed by atoms with E-state index in [2.05, 4.69) is 85.8 Å². The Bertz CT molecular complexity index is 1700. The molecule has 64 heavy (non-hydrogen) atoms. The number of nitrogens with one attached hydrogen (secondary N) is 1. The lowest BCUT2D eigenvalue weighted by molar-refractivity contribution is -0.123. The number of carbonyl (C=O) groups excluding carboxylic acids is 1. The SMILES string of the molecule is [C-]#[N+]CCOP(O[C@@H]1[C@@H](COC(c2ccccc2)(c2ccc(OC)cc2)c2ccc(OC)cc2)C[C@@H](NC(=O)CCCCCCCCCCCCCCC)[C@@H]1OC)N(C(C)C)C(C)C. The van der Waals surface area contributed by atoms with Crippen molar-refractivity contribution < 1.29 is 32.8 Å². The lowest BCUT2D eigenvalue weighted by Crippen LogP contribution is -2.45. The Hall–Kier alpha value is -3.55. The first kappa shape index (κ1) is 53.1. The van der Waals surface area contributed by atoms with Gasteiger partial charge in [-0.3, -0.25) is 4.79 Å². The highest BCUT2D eigenvalue weighted by atomic mass is 31.2. The van der Waals surface area contributed by atoms with Gasteiger partial charge < -0.3 is 38.2 Å². The maximum atomic E-state index is 13.7. The van der Waals surface area contributed by atoms with Crippen molar-refractivity contribution in [2.75, 3.05) is 41.1 Å². The Balaban J connectivity index is 1.59. The number of methoxy groups -OCH3 is 3. The van der Waals surface area contributed by atoms with Crippen molar-refractivity contribution >= 4 is 14.4 Å². The molecule has 0 aliphatic heterocycles. The van der Waals surface area contributed by atoms with Crippen molar-refractivity contribution in [1.82, 2.24) is 9.99 Å². The third kappa shape index (κ3) is 15.8. The van der Waals surface area contributed by atoms with Gasteiger partial charge in [0.15, 0.2) is 0 Å². The van der Waals surface area contributed by atoms with Gasteiger partial charge in [-0.1, -0.05) is 139 Å². The molecule has 354 valence electrons. The van der Waals surface area contributed by atoms with Gasteiger partial charge in [0.2, 0.25) is 12.5 Å². The third-order valence-electron chi connectivity index (χ3n) is 12.4. The van der Waals surface area contributed by atoms with Crippen LogP contribution in [0.5, 0.6) is 11.5 Å². The van der Waals surface area contributed by atoms with Gasteiger partial charge in [0.1, 0.15) is 29.8 Å².